The quantitative estimate of drug-likeness (QED) is 0.494. The molecule has 2 aromatic rings. The van der Waals surface area contributed by atoms with Crippen molar-refractivity contribution in [2.75, 3.05) is 12.3 Å². The number of benzene rings is 2. The van der Waals surface area contributed by atoms with Crippen LogP contribution in [0.15, 0.2) is 42.5 Å². The minimum atomic E-state index is -0.502. The van der Waals surface area contributed by atoms with Gasteiger partial charge in [0.25, 0.3) is 11.6 Å². The van der Waals surface area contributed by atoms with E-state index in [2.05, 4.69) is 5.32 Å². The first-order chi connectivity index (χ1) is 12.0. The highest BCUT2D eigenvalue weighted by Crippen LogP contribution is 2.31. The van der Waals surface area contributed by atoms with Crippen LogP contribution in [-0.4, -0.2) is 17.4 Å². The van der Waals surface area contributed by atoms with E-state index < -0.39 is 4.92 Å². The van der Waals surface area contributed by atoms with Gasteiger partial charge >= 0.3 is 0 Å². The summed E-state index contributed by atoms with van der Waals surface area (Å²) in [6.45, 7) is -0.192. The molecular weight excluding hydrogens is 322 g/mol. The molecule has 0 saturated carbocycles. The number of carbonyl (C=O) groups excluding carboxylic acids is 1. The Bertz CT molecular complexity index is 807. The number of ether oxygens (including phenoxy) is 1. The third-order valence-electron chi connectivity index (χ3n) is 4.21. The Labute approximate surface area is 144 Å². The summed E-state index contributed by atoms with van der Waals surface area (Å²) in [5.41, 5.74) is 8.72. The summed E-state index contributed by atoms with van der Waals surface area (Å²) in [5.74, 6) is 0.0300. The molecule has 7 nitrogen and oxygen atoms in total. The topological polar surface area (TPSA) is 107 Å². The van der Waals surface area contributed by atoms with E-state index in [-0.39, 0.29) is 24.2 Å². The average molecular weight is 341 g/mol. The Hall–Kier alpha value is -3.09. The number of nitrogens with one attached hydrogen (secondary N) is 1. The molecule has 0 aromatic heterocycles. The molecule has 130 valence electrons. The van der Waals surface area contributed by atoms with Crippen molar-refractivity contribution < 1.29 is 14.5 Å². The predicted molar refractivity (Wildman–Crippen MR) is 93.3 cm³/mol. The van der Waals surface area contributed by atoms with E-state index in [0.29, 0.717) is 5.75 Å². The number of anilines is 1. The lowest BCUT2D eigenvalue weighted by molar-refractivity contribution is -0.384. The van der Waals surface area contributed by atoms with Crippen molar-refractivity contribution in [2.24, 2.45) is 0 Å². The monoisotopic (exact) mass is 341 g/mol. The van der Waals surface area contributed by atoms with Gasteiger partial charge in [-0.25, -0.2) is 0 Å². The maximum atomic E-state index is 12.2. The Morgan fingerprint density at radius 2 is 2.16 bits per heavy atom. The van der Waals surface area contributed by atoms with Crippen LogP contribution in [0, 0.1) is 10.1 Å². The number of aryl methyl sites for hydroxylation is 1. The normalized spacial score (nSPS) is 15.9. The molecule has 0 bridgehead atoms. The van der Waals surface area contributed by atoms with E-state index in [1.54, 1.807) is 6.07 Å². The van der Waals surface area contributed by atoms with E-state index >= 15 is 0 Å². The van der Waals surface area contributed by atoms with Crippen LogP contribution in [0.4, 0.5) is 11.4 Å². The number of hydrogen-bond acceptors (Lipinski definition) is 5. The molecule has 0 spiro atoms. The number of nitrogen functional groups attached to an aromatic ring is 1. The lowest BCUT2D eigenvalue weighted by Crippen LogP contribution is -2.34. The number of nitrogens with zero attached hydrogens (tertiary/aromatic N) is 1. The summed E-state index contributed by atoms with van der Waals surface area (Å²) < 4.78 is 5.37. The molecule has 1 amide bonds. The van der Waals surface area contributed by atoms with E-state index in [0.717, 1.165) is 36.1 Å². The Kier molecular flexibility index (Phi) is 4.83. The first-order valence-electron chi connectivity index (χ1n) is 8.08. The van der Waals surface area contributed by atoms with Gasteiger partial charge in [-0.15, -0.1) is 0 Å². The van der Waals surface area contributed by atoms with E-state index in [4.69, 9.17) is 10.5 Å². The van der Waals surface area contributed by atoms with Crippen LogP contribution in [0.5, 0.6) is 5.75 Å². The van der Waals surface area contributed by atoms with Crippen LogP contribution in [0.25, 0.3) is 0 Å². The molecule has 7 heteroatoms. The molecule has 0 aliphatic heterocycles. The van der Waals surface area contributed by atoms with Gasteiger partial charge in [-0.3, -0.25) is 14.9 Å². The minimum Gasteiger partial charge on any atom is -0.484 e. The average Bonchev–Trinajstić information content (AvgIpc) is 2.60. The number of fused-ring (bicyclic) bond motifs is 1. The maximum Gasteiger partial charge on any atom is 0.273 e. The van der Waals surface area contributed by atoms with Crippen molar-refractivity contribution in [1.82, 2.24) is 5.32 Å². The number of hydrogen-bond donors (Lipinski definition) is 2. The fraction of sp³-hybridized carbons (Fsp3) is 0.278. The molecule has 1 aliphatic carbocycles. The van der Waals surface area contributed by atoms with Gasteiger partial charge in [0.1, 0.15) is 5.75 Å². The van der Waals surface area contributed by atoms with Crippen LogP contribution in [0.3, 0.4) is 0 Å². The molecule has 1 aliphatic rings. The number of nitro benzene ring substituents is 1. The summed E-state index contributed by atoms with van der Waals surface area (Å²) in [6.07, 6.45) is 2.80. The Morgan fingerprint density at radius 1 is 1.32 bits per heavy atom. The number of amides is 1. The standard InChI is InChI=1S/C18H19N3O4/c19-13-7-8-16-12(9-13)3-1-6-17(16)20-18(22)11-25-15-5-2-4-14(10-15)21(23)24/h2,4-5,7-10,17H,1,3,6,11,19H2,(H,20,22). The predicted octanol–water partition coefficient (Wildman–Crippen LogP) is 2.75. The second kappa shape index (κ2) is 7.21. The molecule has 0 radical (unpaired) electrons. The molecule has 25 heavy (non-hydrogen) atoms. The summed E-state index contributed by atoms with van der Waals surface area (Å²) in [5, 5.41) is 13.7. The number of nitrogens with two attached hydrogens (primary N) is 1. The zero-order chi connectivity index (χ0) is 17.8. The van der Waals surface area contributed by atoms with Gasteiger partial charge in [-0.05, 0) is 48.6 Å². The van der Waals surface area contributed by atoms with Crippen LogP contribution < -0.4 is 15.8 Å². The van der Waals surface area contributed by atoms with E-state index in [1.165, 1.54) is 18.2 Å². The first kappa shape index (κ1) is 16.8. The Morgan fingerprint density at radius 3 is 2.96 bits per heavy atom. The highest BCUT2D eigenvalue weighted by Gasteiger charge is 2.22. The van der Waals surface area contributed by atoms with Crippen molar-refractivity contribution in [3.63, 3.8) is 0 Å². The fourth-order valence-corrected chi connectivity index (χ4v) is 3.06. The molecule has 3 rings (SSSR count). The SMILES string of the molecule is Nc1ccc2c(c1)CCCC2NC(=O)COc1cccc([N+](=O)[O-])c1. The Balaban J connectivity index is 1.60. The maximum absolute atomic E-state index is 12.2. The van der Waals surface area contributed by atoms with Gasteiger partial charge < -0.3 is 15.8 Å². The third kappa shape index (κ3) is 4.06. The van der Waals surface area contributed by atoms with Crippen LogP contribution in [0.2, 0.25) is 0 Å². The lowest BCUT2D eigenvalue weighted by atomic mass is 9.87. The smallest absolute Gasteiger partial charge is 0.273 e. The van der Waals surface area contributed by atoms with Crippen molar-refractivity contribution in [2.45, 2.75) is 25.3 Å². The van der Waals surface area contributed by atoms with Gasteiger partial charge in [0, 0.05) is 11.8 Å². The second-order valence-electron chi connectivity index (χ2n) is 6.01. The number of nitro groups is 1. The molecule has 2 aromatic carbocycles. The second-order valence-corrected chi connectivity index (χ2v) is 6.01. The van der Waals surface area contributed by atoms with Crippen molar-refractivity contribution in [3.8, 4) is 5.75 Å². The van der Waals surface area contributed by atoms with Crippen molar-refractivity contribution >= 4 is 17.3 Å². The highest BCUT2D eigenvalue weighted by molar-refractivity contribution is 5.78. The molecule has 1 unspecified atom stereocenters. The summed E-state index contributed by atoms with van der Waals surface area (Å²) in [4.78, 5) is 22.4. The zero-order valence-electron chi connectivity index (χ0n) is 13.6. The molecule has 3 N–H and O–H groups in total. The van der Waals surface area contributed by atoms with Gasteiger partial charge in [-0.2, -0.15) is 0 Å². The van der Waals surface area contributed by atoms with Gasteiger partial charge in [0.05, 0.1) is 17.0 Å². The molecule has 0 heterocycles. The van der Waals surface area contributed by atoms with Crippen molar-refractivity contribution in [3.05, 3.63) is 63.7 Å². The summed E-state index contributed by atoms with van der Waals surface area (Å²) in [6, 6.07) is 11.5. The van der Waals surface area contributed by atoms with Gasteiger partial charge in [-0.1, -0.05) is 12.1 Å². The third-order valence-corrected chi connectivity index (χ3v) is 4.21. The van der Waals surface area contributed by atoms with E-state index in [9.17, 15) is 14.9 Å². The molecular formula is C18H19N3O4. The summed E-state index contributed by atoms with van der Waals surface area (Å²) in [7, 11) is 0. The largest absolute Gasteiger partial charge is 0.484 e. The highest BCUT2D eigenvalue weighted by atomic mass is 16.6. The lowest BCUT2D eigenvalue weighted by Gasteiger charge is -2.26. The molecule has 0 fully saturated rings. The molecule has 1 atom stereocenters. The minimum absolute atomic E-state index is 0.0643. The van der Waals surface area contributed by atoms with Gasteiger partial charge in [0.2, 0.25) is 0 Å². The fourth-order valence-electron chi connectivity index (χ4n) is 3.06. The zero-order valence-corrected chi connectivity index (χ0v) is 13.6. The van der Waals surface area contributed by atoms with Crippen LogP contribution in [0.1, 0.15) is 30.0 Å². The number of rotatable bonds is 5. The molecule has 0 saturated heterocycles. The van der Waals surface area contributed by atoms with Crippen LogP contribution in [-0.2, 0) is 11.2 Å². The van der Waals surface area contributed by atoms with E-state index in [1.807, 2.05) is 18.2 Å². The van der Waals surface area contributed by atoms with Crippen molar-refractivity contribution in [1.29, 1.82) is 0 Å². The number of carbonyl (C=O) groups is 1. The number of non-ortho nitro benzene ring substituents is 1. The first-order valence-corrected chi connectivity index (χ1v) is 8.08. The van der Waals surface area contributed by atoms with Crippen LogP contribution >= 0.6 is 0 Å². The van der Waals surface area contributed by atoms with Gasteiger partial charge in [0.15, 0.2) is 6.61 Å². The summed E-state index contributed by atoms with van der Waals surface area (Å²) >= 11 is 0.